The minimum absolute atomic E-state index is 0.684. The molecule has 0 unspecified atom stereocenters. The topological polar surface area (TPSA) is 52.3 Å². The van der Waals surface area contributed by atoms with Crippen LogP contribution in [0.5, 0.6) is 5.75 Å². The number of ether oxygens (including phenoxy) is 1. The number of benzene rings is 2. The van der Waals surface area contributed by atoms with Gasteiger partial charge in [-0.25, -0.2) is 0 Å². The van der Waals surface area contributed by atoms with E-state index in [0.717, 1.165) is 26.8 Å². The third-order valence-electron chi connectivity index (χ3n) is 3.83. The second kappa shape index (κ2) is 6.09. The Labute approximate surface area is 144 Å². The van der Waals surface area contributed by atoms with E-state index in [1.165, 1.54) is 16.8 Å². The lowest BCUT2D eigenvalue weighted by Crippen LogP contribution is -2.08. The molecule has 2 aromatic heterocycles. The molecule has 7 heteroatoms. The van der Waals surface area contributed by atoms with Crippen LogP contribution in [0.3, 0.4) is 0 Å². The molecule has 4 aromatic rings. The molecule has 0 aliphatic carbocycles. The Morgan fingerprint density at radius 3 is 2.58 bits per heavy atom. The minimum Gasteiger partial charge on any atom is -0.496 e. The van der Waals surface area contributed by atoms with Crippen LogP contribution in [0.1, 0.15) is 0 Å². The van der Waals surface area contributed by atoms with Crippen LogP contribution in [0, 0.1) is 0 Å². The summed E-state index contributed by atoms with van der Waals surface area (Å²) >= 11 is 1.52. The molecule has 0 N–H and O–H groups in total. The Morgan fingerprint density at radius 1 is 1.04 bits per heavy atom. The second-order valence-electron chi connectivity index (χ2n) is 5.24. The van der Waals surface area contributed by atoms with E-state index >= 15 is 0 Å². The summed E-state index contributed by atoms with van der Waals surface area (Å²) in [5, 5.41) is 14.1. The predicted molar refractivity (Wildman–Crippen MR) is 97.3 cm³/mol. The summed E-state index contributed by atoms with van der Waals surface area (Å²) in [6.07, 6.45) is 0. The van der Waals surface area contributed by atoms with E-state index in [0.29, 0.717) is 5.82 Å². The Morgan fingerprint density at radius 2 is 1.83 bits per heavy atom. The van der Waals surface area contributed by atoms with Crippen molar-refractivity contribution in [1.29, 1.82) is 0 Å². The van der Waals surface area contributed by atoms with Crippen LogP contribution in [0.15, 0.2) is 48.5 Å². The zero-order valence-corrected chi connectivity index (χ0v) is 14.1. The molecule has 0 saturated carbocycles. The van der Waals surface area contributed by atoms with Gasteiger partial charge in [-0.05, 0) is 12.1 Å². The average Bonchev–Trinajstić information content (AvgIpc) is 3.22. The predicted octanol–water partition coefficient (Wildman–Crippen LogP) is 2.91. The summed E-state index contributed by atoms with van der Waals surface area (Å²) in [4.78, 5) is 0.761. The van der Waals surface area contributed by atoms with Gasteiger partial charge in [0.2, 0.25) is 4.96 Å². The Kier molecular flexibility index (Phi) is 3.78. The first kappa shape index (κ1) is 14.9. The number of hydrogen-bond donors (Lipinski definition) is 0. The fraction of sp³-hybridized carbons (Fsp3) is 0.118. The summed E-state index contributed by atoms with van der Waals surface area (Å²) in [5.74, 6) is 1.44. The van der Waals surface area contributed by atoms with Crippen molar-refractivity contribution < 1.29 is 4.74 Å². The van der Waals surface area contributed by atoms with E-state index in [1.54, 1.807) is 11.6 Å². The molecule has 0 fully saturated rings. The van der Waals surface area contributed by atoms with Gasteiger partial charge in [-0.2, -0.15) is 9.61 Å². The van der Waals surface area contributed by atoms with Crippen molar-refractivity contribution in [2.24, 2.45) is 0 Å². The number of methoxy groups -OCH3 is 1. The van der Waals surface area contributed by atoms with Crippen LogP contribution in [-0.2, 0) is 0 Å². The molecule has 0 atom stereocenters. The van der Waals surface area contributed by atoms with E-state index in [9.17, 15) is 0 Å². The largest absolute Gasteiger partial charge is 0.496 e. The average molecular weight is 333 g/mol. The van der Waals surface area contributed by atoms with Gasteiger partial charge in [0.25, 0.3) is 0 Å². The van der Waals surface area contributed by atoms with Crippen LogP contribution in [0.25, 0.3) is 26.9 Å². The maximum Gasteiger partial charge on any atom is 0.235 e. The lowest BCUT2D eigenvalue weighted by atomic mass is 9.73. The van der Waals surface area contributed by atoms with Crippen molar-refractivity contribution in [3.8, 4) is 27.7 Å². The molecule has 0 saturated heterocycles. The van der Waals surface area contributed by atoms with Crippen molar-refractivity contribution in [3.63, 3.8) is 0 Å². The number of hydrogen-bond acceptors (Lipinski definition) is 5. The molecule has 0 spiro atoms. The van der Waals surface area contributed by atoms with E-state index in [4.69, 9.17) is 9.84 Å². The molecule has 2 aromatic carbocycles. The molecule has 24 heavy (non-hydrogen) atoms. The summed E-state index contributed by atoms with van der Waals surface area (Å²) < 4.78 is 7.20. The van der Waals surface area contributed by atoms with Crippen LogP contribution in [-0.4, -0.2) is 34.2 Å². The van der Waals surface area contributed by atoms with Crippen LogP contribution < -0.4 is 10.2 Å². The van der Waals surface area contributed by atoms with Crippen molar-refractivity contribution in [3.05, 3.63) is 48.5 Å². The molecule has 4 rings (SSSR count). The van der Waals surface area contributed by atoms with Crippen molar-refractivity contribution in [2.75, 3.05) is 7.11 Å². The van der Waals surface area contributed by atoms with E-state index in [1.807, 2.05) is 31.1 Å². The number of fused-ring (bicyclic) bond motifs is 1. The lowest BCUT2D eigenvalue weighted by Gasteiger charge is -2.04. The second-order valence-corrected chi connectivity index (χ2v) is 6.19. The summed E-state index contributed by atoms with van der Waals surface area (Å²) in [5.41, 5.74) is 3.14. The van der Waals surface area contributed by atoms with Gasteiger partial charge in [0.1, 0.15) is 18.0 Å². The highest BCUT2D eigenvalue weighted by molar-refractivity contribution is 7.19. The number of rotatable bonds is 4. The minimum atomic E-state index is 0.684. The zero-order chi connectivity index (χ0) is 16.5. The van der Waals surface area contributed by atoms with Crippen LogP contribution in [0.4, 0.5) is 0 Å². The SMILES string of the molecule is C[B]c1ccc(-c2nn3c(-c4ccccc4OC)nnc3s2)cc1. The Hall–Kier alpha value is -2.67. The first-order valence-corrected chi connectivity index (χ1v) is 8.37. The highest BCUT2D eigenvalue weighted by Gasteiger charge is 2.17. The van der Waals surface area contributed by atoms with Gasteiger partial charge in [0, 0.05) is 5.56 Å². The molecule has 117 valence electrons. The molecular formula is C17H14BN4OS. The monoisotopic (exact) mass is 333 g/mol. The van der Waals surface area contributed by atoms with Gasteiger partial charge < -0.3 is 4.74 Å². The molecule has 0 bridgehead atoms. The smallest absolute Gasteiger partial charge is 0.235 e. The molecule has 0 aliphatic rings. The maximum absolute atomic E-state index is 5.43. The Bertz CT molecular complexity index is 993. The molecule has 2 heterocycles. The molecule has 5 nitrogen and oxygen atoms in total. The summed E-state index contributed by atoms with van der Waals surface area (Å²) in [6.45, 7) is 2.03. The van der Waals surface area contributed by atoms with Crippen molar-refractivity contribution in [2.45, 2.75) is 6.82 Å². The maximum atomic E-state index is 5.43. The van der Waals surface area contributed by atoms with Gasteiger partial charge in [0.05, 0.1) is 12.7 Å². The fourth-order valence-corrected chi connectivity index (χ4v) is 3.39. The van der Waals surface area contributed by atoms with E-state index in [2.05, 4.69) is 41.7 Å². The summed E-state index contributed by atoms with van der Waals surface area (Å²) in [7, 11) is 3.72. The van der Waals surface area contributed by atoms with Crippen molar-refractivity contribution in [1.82, 2.24) is 19.8 Å². The first-order chi connectivity index (χ1) is 11.8. The normalized spacial score (nSPS) is 10.9. The Balaban J connectivity index is 1.81. The van der Waals surface area contributed by atoms with Gasteiger partial charge in [0.15, 0.2) is 5.82 Å². The lowest BCUT2D eigenvalue weighted by molar-refractivity contribution is 0.416. The van der Waals surface area contributed by atoms with Crippen LogP contribution >= 0.6 is 11.3 Å². The number of nitrogens with zero attached hydrogens (tertiary/aromatic N) is 4. The quantitative estimate of drug-likeness (QED) is 0.539. The third kappa shape index (κ3) is 2.47. The number of para-hydroxylation sites is 1. The highest BCUT2D eigenvalue weighted by atomic mass is 32.1. The standard InChI is InChI=1S/C17H14BN4OS/c1-18-12-9-7-11(8-10-12)16-21-22-15(19-20-17(22)24-16)13-5-3-4-6-14(13)23-2/h3-10H,1-2H3. The number of aromatic nitrogens is 4. The van der Waals surface area contributed by atoms with Crippen molar-refractivity contribution >= 4 is 29.0 Å². The molecule has 1 radical (unpaired) electrons. The van der Waals surface area contributed by atoms with Gasteiger partial charge >= 0.3 is 0 Å². The zero-order valence-electron chi connectivity index (χ0n) is 13.3. The summed E-state index contributed by atoms with van der Waals surface area (Å²) in [6, 6.07) is 16.1. The van der Waals surface area contributed by atoms with Gasteiger partial charge in [-0.1, -0.05) is 60.0 Å². The molecule has 0 aliphatic heterocycles. The first-order valence-electron chi connectivity index (χ1n) is 7.55. The molecule has 0 amide bonds. The fourth-order valence-electron chi connectivity index (χ4n) is 2.55. The van der Waals surface area contributed by atoms with E-state index in [-0.39, 0.29) is 0 Å². The van der Waals surface area contributed by atoms with Crippen LogP contribution in [0.2, 0.25) is 6.82 Å². The van der Waals surface area contributed by atoms with Gasteiger partial charge in [-0.3, -0.25) is 0 Å². The van der Waals surface area contributed by atoms with Gasteiger partial charge in [-0.15, -0.1) is 10.2 Å². The third-order valence-corrected chi connectivity index (χ3v) is 4.78. The highest BCUT2D eigenvalue weighted by Crippen LogP contribution is 2.31. The van der Waals surface area contributed by atoms with E-state index < -0.39 is 0 Å². The molecular weight excluding hydrogens is 319 g/mol.